The summed E-state index contributed by atoms with van der Waals surface area (Å²) in [6.45, 7) is 5.96. The molecular formula is C18H19NO4S2. The standard InChI is InChI=1S/C18H19NO4S2/c1-4-13(3)24-18-17(19-16(23-18)15-6-5-11-22-15)25(20,21)14-9-7-12(2)8-10-14/h5-11,13H,4H2,1-3H3. The molecule has 0 aliphatic carbocycles. The summed E-state index contributed by atoms with van der Waals surface area (Å²) in [7, 11) is -3.78. The van der Waals surface area contributed by atoms with E-state index in [1.54, 1.807) is 36.4 Å². The largest absolute Gasteiger partial charge is 0.459 e. The number of hydrogen-bond acceptors (Lipinski definition) is 6. The molecule has 1 unspecified atom stereocenters. The molecule has 3 rings (SSSR count). The fourth-order valence-electron chi connectivity index (χ4n) is 2.14. The first-order valence-electron chi connectivity index (χ1n) is 7.95. The normalized spacial score (nSPS) is 13.1. The van der Waals surface area contributed by atoms with Crippen molar-refractivity contribution in [2.45, 2.75) is 47.5 Å². The Balaban J connectivity index is 2.10. The molecule has 132 valence electrons. The maximum atomic E-state index is 13.1. The monoisotopic (exact) mass is 377 g/mol. The predicted octanol–water partition coefficient (Wildman–Crippen LogP) is 4.97. The molecule has 1 atom stereocenters. The summed E-state index contributed by atoms with van der Waals surface area (Å²) in [5.74, 6) is 0.567. The Morgan fingerprint density at radius 3 is 2.52 bits per heavy atom. The van der Waals surface area contributed by atoms with E-state index in [-0.39, 0.29) is 21.1 Å². The molecule has 0 radical (unpaired) electrons. The van der Waals surface area contributed by atoms with Gasteiger partial charge in [-0.05, 0) is 37.6 Å². The van der Waals surface area contributed by atoms with E-state index in [0.29, 0.717) is 10.9 Å². The van der Waals surface area contributed by atoms with Crippen molar-refractivity contribution in [1.82, 2.24) is 4.98 Å². The summed E-state index contributed by atoms with van der Waals surface area (Å²) in [5, 5.41) is 0.429. The molecule has 5 nitrogen and oxygen atoms in total. The zero-order valence-corrected chi connectivity index (χ0v) is 15.9. The van der Waals surface area contributed by atoms with Gasteiger partial charge in [-0.25, -0.2) is 8.42 Å². The van der Waals surface area contributed by atoms with Crippen molar-refractivity contribution in [3.8, 4) is 11.7 Å². The van der Waals surface area contributed by atoms with Gasteiger partial charge in [-0.1, -0.05) is 43.3 Å². The Kier molecular flexibility index (Phi) is 5.06. The van der Waals surface area contributed by atoms with Crippen LogP contribution in [-0.2, 0) is 9.84 Å². The van der Waals surface area contributed by atoms with Crippen LogP contribution in [0.15, 0.2) is 66.5 Å². The first kappa shape index (κ1) is 17.8. The number of furan rings is 1. The number of nitrogens with zero attached hydrogens (tertiary/aromatic N) is 1. The number of thioether (sulfide) groups is 1. The molecule has 7 heteroatoms. The summed E-state index contributed by atoms with van der Waals surface area (Å²) in [6.07, 6.45) is 2.38. The number of sulfone groups is 1. The number of hydrogen-bond donors (Lipinski definition) is 0. The van der Waals surface area contributed by atoms with E-state index in [4.69, 9.17) is 8.83 Å². The molecule has 2 aromatic heterocycles. The van der Waals surface area contributed by atoms with Gasteiger partial charge in [0.15, 0.2) is 5.76 Å². The highest BCUT2D eigenvalue weighted by Gasteiger charge is 2.30. The third-order valence-electron chi connectivity index (χ3n) is 3.77. The van der Waals surface area contributed by atoms with Gasteiger partial charge in [0.05, 0.1) is 11.2 Å². The Hall–Kier alpha value is -1.99. The summed E-state index contributed by atoms with van der Waals surface area (Å²) >= 11 is 1.36. The van der Waals surface area contributed by atoms with Gasteiger partial charge in [0.25, 0.3) is 5.89 Å². The second-order valence-electron chi connectivity index (χ2n) is 5.74. The lowest BCUT2D eigenvalue weighted by molar-refractivity contribution is 0.450. The Bertz CT molecular complexity index is 942. The van der Waals surface area contributed by atoms with Crippen molar-refractivity contribution in [2.75, 3.05) is 0 Å². The minimum atomic E-state index is -3.78. The fraction of sp³-hybridized carbons (Fsp3) is 0.278. The third kappa shape index (κ3) is 3.67. The Morgan fingerprint density at radius 1 is 1.20 bits per heavy atom. The number of aromatic nitrogens is 1. The van der Waals surface area contributed by atoms with Gasteiger partial charge < -0.3 is 8.83 Å². The van der Waals surface area contributed by atoms with Crippen LogP contribution in [0.25, 0.3) is 11.7 Å². The van der Waals surface area contributed by atoms with Crippen LogP contribution < -0.4 is 0 Å². The molecule has 0 spiro atoms. The van der Waals surface area contributed by atoms with Gasteiger partial charge in [-0.15, -0.1) is 0 Å². The molecular weight excluding hydrogens is 358 g/mol. The second-order valence-corrected chi connectivity index (χ2v) is 9.02. The Labute approximate surface area is 151 Å². The van der Waals surface area contributed by atoms with E-state index in [0.717, 1.165) is 12.0 Å². The SMILES string of the molecule is CCC(C)Sc1oc(-c2ccco2)nc1S(=O)(=O)c1ccc(C)cc1. The molecule has 0 amide bonds. The molecule has 2 heterocycles. The van der Waals surface area contributed by atoms with Crippen LogP contribution >= 0.6 is 11.8 Å². The number of benzene rings is 1. The average molecular weight is 377 g/mol. The number of rotatable bonds is 6. The van der Waals surface area contributed by atoms with Gasteiger partial charge in [-0.2, -0.15) is 4.98 Å². The maximum absolute atomic E-state index is 13.1. The molecule has 0 aliphatic heterocycles. The summed E-state index contributed by atoms with van der Waals surface area (Å²) in [4.78, 5) is 4.44. The van der Waals surface area contributed by atoms with E-state index in [2.05, 4.69) is 4.98 Å². The van der Waals surface area contributed by atoms with Crippen molar-refractivity contribution in [3.05, 3.63) is 48.2 Å². The van der Waals surface area contributed by atoms with Crippen molar-refractivity contribution >= 4 is 21.6 Å². The van der Waals surface area contributed by atoms with Crippen LogP contribution in [0, 0.1) is 6.92 Å². The van der Waals surface area contributed by atoms with Gasteiger partial charge >= 0.3 is 0 Å². The second kappa shape index (κ2) is 7.09. The molecule has 1 aromatic carbocycles. The number of oxazole rings is 1. The van der Waals surface area contributed by atoms with E-state index < -0.39 is 9.84 Å². The zero-order chi connectivity index (χ0) is 18.0. The number of aryl methyl sites for hydroxylation is 1. The molecule has 0 bridgehead atoms. The smallest absolute Gasteiger partial charge is 0.265 e. The summed E-state index contributed by atoms with van der Waals surface area (Å²) in [5.41, 5.74) is 0.990. The van der Waals surface area contributed by atoms with Crippen LogP contribution in [0.1, 0.15) is 25.8 Å². The maximum Gasteiger partial charge on any atom is 0.265 e. The topological polar surface area (TPSA) is 73.3 Å². The minimum absolute atomic E-state index is 0.0620. The quantitative estimate of drug-likeness (QED) is 0.565. The van der Waals surface area contributed by atoms with Crippen molar-refractivity contribution in [2.24, 2.45) is 0 Å². The van der Waals surface area contributed by atoms with Gasteiger partial charge in [0.2, 0.25) is 20.0 Å². The van der Waals surface area contributed by atoms with Gasteiger partial charge in [0.1, 0.15) is 0 Å². The van der Waals surface area contributed by atoms with E-state index in [9.17, 15) is 8.42 Å². The highest BCUT2D eigenvalue weighted by atomic mass is 32.2. The van der Waals surface area contributed by atoms with E-state index in [1.165, 1.54) is 18.0 Å². The molecule has 0 saturated carbocycles. The first-order valence-corrected chi connectivity index (χ1v) is 10.3. The van der Waals surface area contributed by atoms with Crippen LogP contribution in [0.4, 0.5) is 0 Å². The molecule has 3 aromatic rings. The molecule has 0 saturated heterocycles. The van der Waals surface area contributed by atoms with Crippen molar-refractivity contribution < 1.29 is 17.3 Å². The van der Waals surface area contributed by atoms with Crippen LogP contribution in [0.2, 0.25) is 0 Å². The van der Waals surface area contributed by atoms with Gasteiger partial charge in [-0.3, -0.25) is 0 Å². The van der Waals surface area contributed by atoms with Crippen LogP contribution in [0.3, 0.4) is 0 Å². The molecule has 25 heavy (non-hydrogen) atoms. The molecule has 0 fully saturated rings. The molecule has 0 N–H and O–H groups in total. The summed E-state index contributed by atoms with van der Waals surface area (Å²) in [6, 6.07) is 10.1. The first-order chi connectivity index (χ1) is 11.9. The van der Waals surface area contributed by atoms with Crippen LogP contribution in [0.5, 0.6) is 0 Å². The highest BCUT2D eigenvalue weighted by Crippen LogP contribution is 2.37. The molecule has 0 aliphatic rings. The van der Waals surface area contributed by atoms with Gasteiger partial charge in [0, 0.05) is 5.25 Å². The lowest BCUT2D eigenvalue weighted by Crippen LogP contribution is -2.05. The lowest BCUT2D eigenvalue weighted by Gasteiger charge is -2.07. The highest BCUT2D eigenvalue weighted by molar-refractivity contribution is 8.00. The Morgan fingerprint density at radius 2 is 1.92 bits per heavy atom. The average Bonchev–Trinajstić information content (AvgIpc) is 3.24. The fourth-order valence-corrected chi connectivity index (χ4v) is 4.60. The van der Waals surface area contributed by atoms with E-state index >= 15 is 0 Å². The third-order valence-corrected chi connectivity index (χ3v) is 6.80. The van der Waals surface area contributed by atoms with Crippen LogP contribution in [-0.4, -0.2) is 18.7 Å². The van der Waals surface area contributed by atoms with Crippen molar-refractivity contribution in [1.29, 1.82) is 0 Å². The predicted molar refractivity (Wildman–Crippen MR) is 96.4 cm³/mol. The van der Waals surface area contributed by atoms with E-state index in [1.807, 2.05) is 20.8 Å². The summed E-state index contributed by atoms with van der Waals surface area (Å²) < 4.78 is 37.1. The zero-order valence-electron chi connectivity index (χ0n) is 14.2. The van der Waals surface area contributed by atoms with Crippen molar-refractivity contribution in [3.63, 3.8) is 0 Å². The minimum Gasteiger partial charge on any atom is -0.459 e. The lowest BCUT2D eigenvalue weighted by atomic mass is 10.2.